The Hall–Kier alpha value is -1.76. The van der Waals surface area contributed by atoms with Crippen LogP contribution in [-0.2, 0) is 9.53 Å². The average Bonchev–Trinajstić information content (AvgIpc) is 2.38. The first-order valence-electron chi connectivity index (χ1n) is 6.39. The molecule has 0 saturated heterocycles. The van der Waals surface area contributed by atoms with Crippen LogP contribution in [0.25, 0.3) is 0 Å². The van der Waals surface area contributed by atoms with Crippen molar-refractivity contribution in [3.05, 3.63) is 29.3 Å². The molecule has 0 aromatic heterocycles. The van der Waals surface area contributed by atoms with Gasteiger partial charge in [-0.25, -0.2) is 0 Å². The number of carbonyl (C=O) groups excluding carboxylic acids is 1. The molecule has 0 radical (unpaired) electrons. The number of carbonyl (C=O) groups is 1. The van der Waals surface area contributed by atoms with Crippen molar-refractivity contribution in [1.29, 1.82) is 0 Å². The van der Waals surface area contributed by atoms with Crippen molar-refractivity contribution in [3.8, 4) is 5.75 Å². The Kier molecular flexibility index (Phi) is 6.48. The lowest BCUT2D eigenvalue weighted by Crippen LogP contribution is -2.32. The molecule has 0 heterocycles. The summed E-state index contributed by atoms with van der Waals surface area (Å²) < 4.78 is 45.0. The standard InChI is InChI=1S/C14H18F3NO3/c1-10-3-4-12(7-11(10)2)21-8-13(19)18-5-6-20-9-14(15,16)17/h3-4,7H,5-6,8-9H2,1-2H3,(H,18,19). The van der Waals surface area contributed by atoms with Crippen LogP contribution in [0, 0.1) is 13.8 Å². The van der Waals surface area contributed by atoms with E-state index in [1.807, 2.05) is 26.0 Å². The fraction of sp³-hybridized carbons (Fsp3) is 0.500. The van der Waals surface area contributed by atoms with E-state index < -0.39 is 18.7 Å². The van der Waals surface area contributed by atoms with E-state index in [0.717, 1.165) is 11.1 Å². The SMILES string of the molecule is Cc1ccc(OCC(=O)NCCOCC(F)(F)F)cc1C. The van der Waals surface area contributed by atoms with Crippen LogP contribution in [0.3, 0.4) is 0 Å². The first kappa shape index (κ1) is 17.3. The Morgan fingerprint density at radius 1 is 1.24 bits per heavy atom. The van der Waals surface area contributed by atoms with Gasteiger partial charge in [0.05, 0.1) is 6.61 Å². The van der Waals surface area contributed by atoms with Gasteiger partial charge in [0.1, 0.15) is 12.4 Å². The Balaban J connectivity index is 2.18. The quantitative estimate of drug-likeness (QED) is 0.787. The lowest BCUT2D eigenvalue weighted by Gasteiger charge is -2.10. The molecule has 0 atom stereocenters. The van der Waals surface area contributed by atoms with Crippen molar-refractivity contribution in [2.75, 3.05) is 26.4 Å². The molecule has 1 N–H and O–H groups in total. The van der Waals surface area contributed by atoms with Crippen molar-refractivity contribution in [3.63, 3.8) is 0 Å². The molecule has 0 aliphatic heterocycles. The van der Waals surface area contributed by atoms with Crippen LogP contribution in [-0.4, -0.2) is 38.4 Å². The minimum atomic E-state index is -4.35. The number of amides is 1. The van der Waals surface area contributed by atoms with Gasteiger partial charge >= 0.3 is 6.18 Å². The van der Waals surface area contributed by atoms with Crippen molar-refractivity contribution in [2.45, 2.75) is 20.0 Å². The van der Waals surface area contributed by atoms with Gasteiger partial charge in [0.15, 0.2) is 6.61 Å². The second-order valence-corrected chi connectivity index (χ2v) is 4.55. The van der Waals surface area contributed by atoms with Crippen LogP contribution < -0.4 is 10.1 Å². The molecular weight excluding hydrogens is 287 g/mol. The number of alkyl halides is 3. The van der Waals surface area contributed by atoms with E-state index in [-0.39, 0.29) is 19.8 Å². The summed E-state index contributed by atoms with van der Waals surface area (Å²) in [5.41, 5.74) is 2.17. The van der Waals surface area contributed by atoms with Gasteiger partial charge in [-0.15, -0.1) is 0 Å². The van der Waals surface area contributed by atoms with E-state index in [2.05, 4.69) is 10.1 Å². The molecule has 4 nitrogen and oxygen atoms in total. The molecule has 0 bridgehead atoms. The fourth-order valence-electron chi connectivity index (χ4n) is 1.45. The van der Waals surface area contributed by atoms with Gasteiger partial charge in [-0.1, -0.05) is 6.07 Å². The van der Waals surface area contributed by atoms with Gasteiger partial charge in [-0.3, -0.25) is 4.79 Å². The number of nitrogens with one attached hydrogen (secondary N) is 1. The Labute approximate surface area is 121 Å². The zero-order valence-corrected chi connectivity index (χ0v) is 11.9. The molecule has 1 aromatic carbocycles. The number of hydrogen-bond acceptors (Lipinski definition) is 3. The molecular formula is C14H18F3NO3. The van der Waals surface area contributed by atoms with E-state index in [9.17, 15) is 18.0 Å². The summed E-state index contributed by atoms with van der Waals surface area (Å²) in [5, 5.41) is 2.41. The minimum absolute atomic E-state index is 0.00516. The lowest BCUT2D eigenvalue weighted by molar-refractivity contribution is -0.173. The molecule has 0 fully saturated rings. The summed E-state index contributed by atoms with van der Waals surface area (Å²) in [6.45, 7) is 2.19. The Bertz CT molecular complexity index is 475. The lowest BCUT2D eigenvalue weighted by atomic mass is 10.1. The third kappa shape index (κ3) is 7.55. The average molecular weight is 305 g/mol. The van der Waals surface area contributed by atoms with Crippen LogP contribution in [0.15, 0.2) is 18.2 Å². The highest BCUT2D eigenvalue weighted by Crippen LogP contribution is 2.16. The predicted octanol–water partition coefficient (Wildman–Crippen LogP) is 2.38. The maximum absolute atomic E-state index is 11.8. The van der Waals surface area contributed by atoms with Crippen LogP contribution in [0.4, 0.5) is 13.2 Å². The number of halogens is 3. The fourth-order valence-corrected chi connectivity index (χ4v) is 1.45. The molecule has 7 heteroatoms. The zero-order chi connectivity index (χ0) is 15.9. The second-order valence-electron chi connectivity index (χ2n) is 4.55. The maximum Gasteiger partial charge on any atom is 0.411 e. The van der Waals surface area contributed by atoms with Crippen molar-refractivity contribution in [2.24, 2.45) is 0 Å². The smallest absolute Gasteiger partial charge is 0.411 e. The molecule has 0 unspecified atom stereocenters. The number of hydrogen-bond donors (Lipinski definition) is 1. The van der Waals surface area contributed by atoms with E-state index >= 15 is 0 Å². The van der Waals surface area contributed by atoms with Crippen LogP contribution in [0.1, 0.15) is 11.1 Å². The van der Waals surface area contributed by atoms with Crippen LogP contribution in [0.5, 0.6) is 5.75 Å². The number of ether oxygens (including phenoxy) is 2. The molecule has 0 aliphatic rings. The highest BCUT2D eigenvalue weighted by Gasteiger charge is 2.27. The molecule has 0 saturated carbocycles. The van der Waals surface area contributed by atoms with Gasteiger partial charge < -0.3 is 14.8 Å². The van der Waals surface area contributed by atoms with E-state index in [1.165, 1.54) is 0 Å². The van der Waals surface area contributed by atoms with Gasteiger partial charge in [0, 0.05) is 6.54 Å². The zero-order valence-electron chi connectivity index (χ0n) is 11.9. The highest BCUT2D eigenvalue weighted by atomic mass is 19.4. The van der Waals surface area contributed by atoms with E-state index in [0.29, 0.717) is 5.75 Å². The molecule has 1 aromatic rings. The Morgan fingerprint density at radius 3 is 2.57 bits per heavy atom. The third-order valence-electron chi connectivity index (χ3n) is 2.68. The Morgan fingerprint density at radius 2 is 1.95 bits per heavy atom. The normalized spacial score (nSPS) is 11.3. The monoisotopic (exact) mass is 305 g/mol. The second kappa shape index (κ2) is 7.87. The molecule has 0 aliphatic carbocycles. The van der Waals surface area contributed by atoms with Crippen LogP contribution in [0.2, 0.25) is 0 Å². The summed E-state index contributed by atoms with van der Waals surface area (Å²) in [4.78, 5) is 11.4. The molecule has 1 amide bonds. The molecule has 1 rings (SSSR count). The highest BCUT2D eigenvalue weighted by molar-refractivity contribution is 5.77. The third-order valence-corrected chi connectivity index (χ3v) is 2.68. The molecule has 118 valence electrons. The minimum Gasteiger partial charge on any atom is -0.484 e. The van der Waals surface area contributed by atoms with Crippen molar-refractivity contribution < 1.29 is 27.4 Å². The number of benzene rings is 1. The summed E-state index contributed by atoms with van der Waals surface area (Å²) in [6.07, 6.45) is -4.35. The van der Waals surface area contributed by atoms with Gasteiger partial charge in [-0.2, -0.15) is 13.2 Å². The largest absolute Gasteiger partial charge is 0.484 e. The molecule has 0 spiro atoms. The maximum atomic E-state index is 11.8. The first-order valence-corrected chi connectivity index (χ1v) is 6.39. The number of rotatable bonds is 7. The van der Waals surface area contributed by atoms with E-state index in [1.54, 1.807) is 6.07 Å². The van der Waals surface area contributed by atoms with E-state index in [4.69, 9.17) is 4.74 Å². The summed E-state index contributed by atoms with van der Waals surface area (Å²) in [7, 11) is 0. The van der Waals surface area contributed by atoms with Gasteiger partial charge in [0.25, 0.3) is 5.91 Å². The van der Waals surface area contributed by atoms with Gasteiger partial charge in [-0.05, 0) is 37.1 Å². The predicted molar refractivity (Wildman–Crippen MR) is 71.3 cm³/mol. The number of aryl methyl sites for hydroxylation is 2. The first-order chi connectivity index (χ1) is 9.78. The van der Waals surface area contributed by atoms with Crippen LogP contribution >= 0.6 is 0 Å². The summed E-state index contributed by atoms with van der Waals surface area (Å²) >= 11 is 0. The van der Waals surface area contributed by atoms with Crippen molar-refractivity contribution >= 4 is 5.91 Å². The summed E-state index contributed by atoms with van der Waals surface area (Å²) in [5.74, 6) is 0.158. The summed E-state index contributed by atoms with van der Waals surface area (Å²) in [6, 6.07) is 5.45. The topological polar surface area (TPSA) is 47.6 Å². The van der Waals surface area contributed by atoms with Crippen molar-refractivity contribution in [1.82, 2.24) is 5.32 Å². The van der Waals surface area contributed by atoms with Gasteiger partial charge in [0.2, 0.25) is 0 Å². The molecule has 21 heavy (non-hydrogen) atoms.